The van der Waals surface area contributed by atoms with Gasteiger partial charge in [0.15, 0.2) is 0 Å². The molecule has 2 aromatic rings. The standard InChI is InChI=1S/C34H49NO7/c1-8-9-10-11-25(27-16-15-26(40-6)22-30(27)41-7)21-31(36)35-29-20-24(14-17-28(29)34(3,4)5)13-12-23(2)42-33(39)19-18-32(37)38/h14-17,20,22-23,25H,8-13,18-19,21H2,1-7H3,(H,35,36)(H,37,38). The van der Waals surface area contributed by atoms with Gasteiger partial charge in [-0.3, -0.25) is 14.4 Å². The SMILES string of the molecule is CCCCCC(CC(=O)Nc1cc(CCC(C)OC(=O)CCC(=O)O)ccc1C(C)(C)C)c1ccc(OC)cc1OC. The smallest absolute Gasteiger partial charge is 0.306 e. The molecule has 2 atom stereocenters. The number of methoxy groups -OCH3 is 2. The van der Waals surface area contributed by atoms with Crippen molar-refractivity contribution in [1.29, 1.82) is 0 Å². The second kappa shape index (κ2) is 16.8. The van der Waals surface area contributed by atoms with Crippen LogP contribution in [0.4, 0.5) is 5.69 Å². The van der Waals surface area contributed by atoms with Crippen molar-refractivity contribution in [2.45, 2.75) is 110 Å². The van der Waals surface area contributed by atoms with Crippen molar-refractivity contribution in [3.63, 3.8) is 0 Å². The van der Waals surface area contributed by atoms with Crippen molar-refractivity contribution in [1.82, 2.24) is 0 Å². The molecule has 2 unspecified atom stereocenters. The molecule has 0 bridgehead atoms. The fraction of sp³-hybridized carbons (Fsp3) is 0.559. The van der Waals surface area contributed by atoms with Crippen LogP contribution in [0.15, 0.2) is 36.4 Å². The molecule has 1 amide bonds. The second-order valence-corrected chi connectivity index (χ2v) is 11.9. The van der Waals surface area contributed by atoms with Crippen LogP contribution in [0.3, 0.4) is 0 Å². The van der Waals surface area contributed by atoms with Gasteiger partial charge in [-0.2, -0.15) is 0 Å². The Bertz CT molecular complexity index is 1180. The number of amides is 1. The van der Waals surface area contributed by atoms with E-state index < -0.39 is 11.9 Å². The van der Waals surface area contributed by atoms with Gasteiger partial charge in [0.2, 0.25) is 5.91 Å². The minimum atomic E-state index is -1.02. The van der Waals surface area contributed by atoms with Crippen molar-refractivity contribution in [2.24, 2.45) is 0 Å². The Morgan fingerprint density at radius 1 is 0.952 bits per heavy atom. The Labute approximate surface area is 251 Å². The molecule has 0 fully saturated rings. The molecule has 0 aliphatic rings. The van der Waals surface area contributed by atoms with Gasteiger partial charge >= 0.3 is 11.9 Å². The summed E-state index contributed by atoms with van der Waals surface area (Å²) in [6.07, 6.45) is 4.90. The van der Waals surface area contributed by atoms with E-state index in [4.69, 9.17) is 19.3 Å². The number of benzene rings is 2. The number of nitrogens with one attached hydrogen (secondary N) is 1. The third-order valence-electron chi connectivity index (χ3n) is 7.35. The van der Waals surface area contributed by atoms with E-state index in [0.29, 0.717) is 25.0 Å². The predicted molar refractivity (Wildman–Crippen MR) is 166 cm³/mol. The highest BCUT2D eigenvalue weighted by Crippen LogP contribution is 2.37. The van der Waals surface area contributed by atoms with Crippen molar-refractivity contribution in [2.75, 3.05) is 19.5 Å². The third-order valence-corrected chi connectivity index (χ3v) is 7.35. The number of rotatable bonds is 17. The number of anilines is 1. The topological polar surface area (TPSA) is 111 Å². The number of unbranched alkanes of at least 4 members (excludes halogenated alkanes) is 2. The molecule has 0 spiro atoms. The Morgan fingerprint density at radius 2 is 1.69 bits per heavy atom. The molecule has 0 saturated carbocycles. The van der Waals surface area contributed by atoms with E-state index in [-0.39, 0.29) is 36.2 Å². The Hall–Kier alpha value is -3.55. The Morgan fingerprint density at radius 3 is 2.31 bits per heavy atom. The molecule has 2 rings (SSSR count). The van der Waals surface area contributed by atoms with Crippen LogP contribution in [0.25, 0.3) is 0 Å². The molecule has 8 nitrogen and oxygen atoms in total. The number of esters is 1. The minimum absolute atomic E-state index is 0.00432. The Kier molecular flexibility index (Phi) is 13.8. The summed E-state index contributed by atoms with van der Waals surface area (Å²) in [6, 6.07) is 11.9. The summed E-state index contributed by atoms with van der Waals surface area (Å²) in [6.45, 7) is 10.3. The molecule has 2 N–H and O–H groups in total. The van der Waals surface area contributed by atoms with Crippen LogP contribution >= 0.6 is 0 Å². The number of hydrogen-bond acceptors (Lipinski definition) is 6. The zero-order chi connectivity index (χ0) is 31.3. The van der Waals surface area contributed by atoms with Gasteiger partial charge in [-0.05, 0) is 66.3 Å². The van der Waals surface area contributed by atoms with E-state index >= 15 is 0 Å². The lowest BCUT2D eigenvalue weighted by Gasteiger charge is -2.25. The summed E-state index contributed by atoms with van der Waals surface area (Å²) >= 11 is 0. The lowest BCUT2D eigenvalue weighted by Crippen LogP contribution is -2.21. The number of carboxylic acid groups (broad SMARTS) is 1. The molecule has 2 aromatic carbocycles. The van der Waals surface area contributed by atoms with E-state index in [0.717, 1.165) is 53.8 Å². The van der Waals surface area contributed by atoms with Gasteiger partial charge < -0.3 is 24.6 Å². The maximum absolute atomic E-state index is 13.6. The van der Waals surface area contributed by atoms with Gasteiger partial charge in [0.25, 0.3) is 0 Å². The lowest BCUT2D eigenvalue weighted by atomic mass is 9.84. The van der Waals surface area contributed by atoms with Crippen LogP contribution in [-0.4, -0.2) is 43.3 Å². The maximum atomic E-state index is 13.6. The van der Waals surface area contributed by atoms with Gasteiger partial charge in [-0.25, -0.2) is 0 Å². The predicted octanol–water partition coefficient (Wildman–Crippen LogP) is 7.42. The van der Waals surface area contributed by atoms with Gasteiger partial charge in [-0.1, -0.05) is 65.2 Å². The number of aliphatic carboxylic acids is 1. The first-order valence-corrected chi connectivity index (χ1v) is 14.9. The third kappa shape index (κ3) is 11.4. The van der Waals surface area contributed by atoms with Crippen LogP contribution in [-0.2, 0) is 31.0 Å². The Balaban J connectivity index is 2.21. The van der Waals surface area contributed by atoms with E-state index in [1.165, 1.54) is 0 Å². The fourth-order valence-corrected chi connectivity index (χ4v) is 5.01. The molecule has 8 heteroatoms. The molecule has 0 radical (unpaired) electrons. The van der Waals surface area contributed by atoms with Crippen molar-refractivity contribution in [3.8, 4) is 11.5 Å². The molecular formula is C34H49NO7. The van der Waals surface area contributed by atoms with Crippen molar-refractivity contribution in [3.05, 3.63) is 53.1 Å². The largest absolute Gasteiger partial charge is 0.497 e. The highest BCUT2D eigenvalue weighted by molar-refractivity contribution is 5.92. The maximum Gasteiger partial charge on any atom is 0.306 e. The number of carbonyl (C=O) groups excluding carboxylic acids is 2. The molecule has 232 valence electrons. The summed E-state index contributed by atoms with van der Waals surface area (Å²) < 4.78 is 16.4. The first-order chi connectivity index (χ1) is 19.9. The molecule has 0 aliphatic carbocycles. The zero-order valence-corrected chi connectivity index (χ0v) is 26.4. The average molecular weight is 584 g/mol. The quantitative estimate of drug-likeness (QED) is 0.147. The molecule has 0 saturated heterocycles. The molecule has 0 heterocycles. The van der Waals surface area contributed by atoms with Gasteiger partial charge in [0.1, 0.15) is 11.5 Å². The van der Waals surface area contributed by atoms with Crippen LogP contribution in [0, 0.1) is 0 Å². The number of hydrogen-bond donors (Lipinski definition) is 2. The first kappa shape index (κ1) is 34.7. The van der Waals surface area contributed by atoms with E-state index in [1.54, 1.807) is 21.1 Å². The van der Waals surface area contributed by atoms with E-state index in [1.807, 2.05) is 30.3 Å². The van der Waals surface area contributed by atoms with Gasteiger partial charge in [0.05, 0.1) is 33.2 Å². The average Bonchev–Trinajstić information content (AvgIpc) is 2.93. The molecule has 0 aromatic heterocycles. The van der Waals surface area contributed by atoms with Gasteiger partial charge in [0, 0.05) is 18.2 Å². The summed E-state index contributed by atoms with van der Waals surface area (Å²) in [5.41, 5.74) is 3.65. The minimum Gasteiger partial charge on any atom is -0.497 e. The highest BCUT2D eigenvalue weighted by atomic mass is 16.5. The van der Waals surface area contributed by atoms with Crippen LogP contribution in [0.2, 0.25) is 0 Å². The normalized spacial score (nSPS) is 12.7. The molecule has 0 aliphatic heterocycles. The molecular weight excluding hydrogens is 534 g/mol. The summed E-state index contributed by atoms with van der Waals surface area (Å²) in [5, 5.41) is 12.0. The van der Waals surface area contributed by atoms with Crippen molar-refractivity contribution >= 4 is 23.5 Å². The van der Waals surface area contributed by atoms with E-state index in [2.05, 4.69) is 39.1 Å². The summed E-state index contributed by atoms with van der Waals surface area (Å²) in [7, 11) is 3.26. The number of ether oxygens (including phenoxy) is 3. The lowest BCUT2D eigenvalue weighted by molar-refractivity contribution is -0.151. The zero-order valence-electron chi connectivity index (χ0n) is 26.4. The van der Waals surface area contributed by atoms with Crippen LogP contribution in [0.1, 0.15) is 109 Å². The van der Waals surface area contributed by atoms with Gasteiger partial charge in [-0.15, -0.1) is 0 Å². The number of aryl methyl sites for hydroxylation is 1. The highest BCUT2D eigenvalue weighted by Gasteiger charge is 2.23. The first-order valence-electron chi connectivity index (χ1n) is 14.9. The summed E-state index contributed by atoms with van der Waals surface area (Å²) in [5.74, 6) is -0.165. The molecule has 42 heavy (non-hydrogen) atoms. The summed E-state index contributed by atoms with van der Waals surface area (Å²) in [4.78, 5) is 36.2. The number of carboxylic acids is 1. The van der Waals surface area contributed by atoms with E-state index in [9.17, 15) is 14.4 Å². The van der Waals surface area contributed by atoms with Crippen LogP contribution in [0.5, 0.6) is 11.5 Å². The monoisotopic (exact) mass is 583 g/mol. The fourth-order valence-electron chi connectivity index (χ4n) is 5.01. The van der Waals surface area contributed by atoms with Crippen molar-refractivity contribution < 1.29 is 33.7 Å². The number of carbonyl (C=O) groups is 3. The second-order valence-electron chi connectivity index (χ2n) is 11.9. The van der Waals surface area contributed by atoms with Crippen LogP contribution < -0.4 is 14.8 Å².